The zero-order valence-corrected chi connectivity index (χ0v) is 13.7. The Labute approximate surface area is 128 Å². The van der Waals surface area contributed by atoms with E-state index in [2.05, 4.69) is 25.2 Å². The van der Waals surface area contributed by atoms with E-state index < -0.39 is 0 Å². The minimum atomic E-state index is -0.0747. The summed E-state index contributed by atoms with van der Waals surface area (Å²) in [4.78, 5) is 0. The van der Waals surface area contributed by atoms with Crippen LogP contribution >= 0.6 is 0 Å². The van der Waals surface area contributed by atoms with Crippen LogP contribution in [0.25, 0.3) is 0 Å². The molecule has 1 aromatic rings. The molecule has 0 saturated heterocycles. The number of ether oxygens (including phenoxy) is 2. The van der Waals surface area contributed by atoms with Crippen LogP contribution < -0.4 is 10.1 Å². The number of aryl methyl sites for hydroxylation is 1. The van der Waals surface area contributed by atoms with Gasteiger partial charge in [0.05, 0.1) is 18.9 Å². The topological polar surface area (TPSA) is 50.7 Å². The van der Waals surface area contributed by atoms with E-state index >= 15 is 0 Å². The minimum absolute atomic E-state index is 0.0747. The van der Waals surface area contributed by atoms with Crippen molar-refractivity contribution in [2.75, 3.05) is 38.8 Å². The van der Waals surface area contributed by atoms with Crippen LogP contribution in [0, 0.1) is 12.3 Å². The molecule has 0 amide bonds. The zero-order valence-electron chi connectivity index (χ0n) is 13.7. The summed E-state index contributed by atoms with van der Waals surface area (Å²) < 4.78 is 10.8. The number of benzene rings is 1. The molecule has 0 aliphatic carbocycles. The van der Waals surface area contributed by atoms with E-state index in [-0.39, 0.29) is 12.0 Å². The van der Waals surface area contributed by atoms with Crippen molar-refractivity contribution in [3.63, 3.8) is 0 Å². The molecule has 21 heavy (non-hydrogen) atoms. The molecule has 0 spiro atoms. The van der Waals surface area contributed by atoms with E-state index in [9.17, 15) is 5.11 Å². The molecule has 0 aliphatic rings. The SMILES string of the molecule is CCC(CC)(CO)CNc1ccc(C)cc1OCCOC. The zero-order chi connectivity index (χ0) is 15.7. The van der Waals surface area contributed by atoms with Crippen molar-refractivity contribution in [2.24, 2.45) is 5.41 Å². The number of anilines is 1. The highest BCUT2D eigenvalue weighted by molar-refractivity contribution is 5.57. The van der Waals surface area contributed by atoms with Gasteiger partial charge in [0, 0.05) is 19.1 Å². The van der Waals surface area contributed by atoms with Gasteiger partial charge in [0.2, 0.25) is 0 Å². The molecule has 0 fully saturated rings. The summed E-state index contributed by atoms with van der Waals surface area (Å²) >= 11 is 0. The fourth-order valence-corrected chi connectivity index (χ4v) is 2.19. The maximum Gasteiger partial charge on any atom is 0.142 e. The van der Waals surface area contributed by atoms with Gasteiger partial charge in [-0.2, -0.15) is 0 Å². The number of hydrogen-bond acceptors (Lipinski definition) is 4. The van der Waals surface area contributed by atoms with Crippen molar-refractivity contribution in [1.82, 2.24) is 0 Å². The Bertz CT molecular complexity index is 408. The number of aliphatic hydroxyl groups excluding tert-OH is 1. The molecular weight excluding hydrogens is 266 g/mol. The fraction of sp³-hybridized carbons (Fsp3) is 0.647. The van der Waals surface area contributed by atoms with Crippen LogP contribution in [0.3, 0.4) is 0 Å². The van der Waals surface area contributed by atoms with Crippen molar-refractivity contribution >= 4 is 5.69 Å². The highest BCUT2D eigenvalue weighted by Gasteiger charge is 2.25. The van der Waals surface area contributed by atoms with Crippen LogP contribution in [-0.4, -0.2) is 38.6 Å². The third kappa shape index (κ3) is 5.21. The molecule has 4 nitrogen and oxygen atoms in total. The Balaban J connectivity index is 2.77. The molecule has 1 rings (SSSR count). The quantitative estimate of drug-likeness (QED) is 0.651. The molecule has 4 heteroatoms. The molecule has 0 atom stereocenters. The second-order valence-corrected chi connectivity index (χ2v) is 5.56. The van der Waals surface area contributed by atoms with Gasteiger partial charge < -0.3 is 19.9 Å². The molecule has 0 heterocycles. The molecule has 120 valence electrons. The lowest BCUT2D eigenvalue weighted by Gasteiger charge is -2.30. The molecule has 0 radical (unpaired) electrons. The smallest absolute Gasteiger partial charge is 0.142 e. The second kappa shape index (κ2) is 8.90. The first-order chi connectivity index (χ1) is 10.1. The van der Waals surface area contributed by atoms with E-state index in [1.165, 1.54) is 0 Å². The van der Waals surface area contributed by atoms with Crippen molar-refractivity contribution in [3.8, 4) is 5.75 Å². The largest absolute Gasteiger partial charge is 0.489 e. The van der Waals surface area contributed by atoms with E-state index in [0.717, 1.165) is 36.4 Å². The van der Waals surface area contributed by atoms with Gasteiger partial charge >= 0.3 is 0 Å². The van der Waals surface area contributed by atoms with E-state index in [4.69, 9.17) is 9.47 Å². The van der Waals surface area contributed by atoms with Crippen molar-refractivity contribution in [2.45, 2.75) is 33.6 Å². The van der Waals surface area contributed by atoms with Gasteiger partial charge in [-0.3, -0.25) is 0 Å². The van der Waals surface area contributed by atoms with Gasteiger partial charge in [-0.25, -0.2) is 0 Å². The Morgan fingerprint density at radius 2 is 1.90 bits per heavy atom. The van der Waals surface area contributed by atoms with Crippen LogP contribution in [-0.2, 0) is 4.74 Å². The lowest BCUT2D eigenvalue weighted by atomic mass is 9.83. The summed E-state index contributed by atoms with van der Waals surface area (Å²) in [5, 5.41) is 13.1. The minimum Gasteiger partial charge on any atom is -0.489 e. The highest BCUT2D eigenvalue weighted by atomic mass is 16.5. The van der Waals surface area contributed by atoms with Crippen molar-refractivity contribution in [3.05, 3.63) is 23.8 Å². The standard InChI is InChI=1S/C17H29NO3/c1-5-17(6-2,13-19)12-18-15-8-7-14(3)11-16(15)21-10-9-20-4/h7-8,11,18-19H,5-6,9-10,12-13H2,1-4H3. The summed E-state index contributed by atoms with van der Waals surface area (Å²) in [6.45, 7) is 8.31. The van der Waals surface area contributed by atoms with Crippen LogP contribution in [0.5, 0.6) is 5.75 Å². The molecule has 0 unspecified atom stereocenters. The van der Waals surface area contributed by atoms with Crippen LogP contribution in [0.15, 0.2) is 18.2 Å². The molecular formula is C17H29NO3. The van der Waals surface area contributed by atoms with Crippen LogP contribution in [0.2, 0.25) is 0 Å². The Hall–Kier alpha value is -1.26. The number of aliphatic hydroxyl groups is 1. The van der Waals surface area contributed by atoms with E-state index in [1.54, 1.807) is 7.11 Å². The number of nitrogens with one attached hydrogen (secondary N) is 1. The molecule has 0 saturated carbocycles. The maximum atomic E-state index is 9.65. The molecule has 1 aromatic carbocycles. The second-order valence-electron chi connectivity index (χ2n) is 5.56. The van der Waals surface area contributed by atoms with Crippen molar-refractivity contribution in [1.29, 1.82) is 0 Å². The lowest BCUT2D eigenvalue weighted by molar-refractivity contribution is 0.127. The number of rotatable bonds is 10. The first kappa shape index (κ1) is 17.8. The van der Waals surface area contributed by atoms with Gasteiger partial charge in [-0.1, -0.05) is 19.9 Å². The first-order valence-electron chi connectivity index (χ1n) is 7.68. The van der Waals surface area contributed by atoms with Gasteiger partial charge in [-0.15, -0.1) is 0 Å². The summed E-state index contributed by atoms with van der Waals surface area (Å²) in [6, 6.07) is 6.12. The molecule has 0 bridgehead atoms. The third-order valence-electron chi connectivity index (χ3n) is 4.17. The lowest BCUT2D eigenvalue weighted by Crippen LogP contribution is -2.32. The summed E-state index contributed by atoms with van der Waals surface area (Å²) in [7, 11) is 1.66. The summed E-state index contributed by atoms with van der Waals surface area (Å²) in [5.41, 5.74) is 2.05. The van der Waals surface area contributed by atoms with Gasteiger partial charge in [0.1, 0.15) is 12.4 Å². The van der Waals surface area contributed by atoms with Gasteiger partial charge in [0.15, 0.2) is 0 Å². The van der Waals surface area contributed by atoms with Crippen LogP contribution in [0.4, 0.5) is 5.69 Å². The van der Waals surface area contributed by atoms with Gasteiger partial charge in [-0.05, 0) is 37.5 Å². The monoisotopic (exact) mass is 295 g/mol. The Morgan fingerprint density at radius 3 is 2.48 bits per heavy atom. The number of methoxy groups -OCH3 is 1. The Morgan fingerprint density at radius 1 is 1.19 bits per heavy atom. The summed E-state index contributed by atoms with van der Waals surface area (Å²) in [5.74, 6) is 0.839. The van der Waals surface area contributed by atoms with E-state index in [1.807, 2.05) is 19.1 Å². The van der Waals surface area contributed by atoms with Crippen LogP contribution in [0.1, 0.15) is 32.3 Å². The number of hydrogen-bond donors (Lipinski definition) is 2. The normalized spacial score (nSPS) is 11.5. The predicted octanol–water partition coefficient (Wildman–Crippen LogP) is 3.23. The molecule has 0 aliphatic heterocycles. The van der Waals surface area contributed by atoms with Gasteiger partial charge in [0.25, 0.3) is 0 Å². The van der Waals surface area contributed by atoms with E-state index in [0.29, 0.717) is 13.2 Å². The average Bonchev–Trinajstić information content (AvgIpc) is 2.51. The molecule has 0 aromatic heterocycles. The average molecular weight is 295 g/mol. The predicted molar refractivity (Wildman–Crippen MR) is 87.1 cm³/mol. The highest BCUT2D eigenvalue weighted by Crippen LogP contribution is 2.30. The third-order valence-corrected chi connectivity index (χ3v) is 4.17. The fourth-order valence-electron chi connectivity index (χ4n) is 2.19. The first-order valence-corrected chi connectivity index (χ1v) is 7.68. The van der Waals surface area contributed by atoms with Crippen molar-refractivity contribution < 1.29 is 14.6 Å². The maximum absolute atomic E-state index is 9.65. The Kier molecular flexibility index (Phi) is 7.54. The summed E-state index contributed by atoms with van der Waals surface area (Å²) in [6.07, 6.45) is 1.89. The molecule has 2 N–H and O–H groups in total.